The van der Waals surface area contributed by atoms with E-state index in [2.05, 4.69) is 9.97 Å². The van der Waals surface area contributed by atoms with Crippen molar-refractivity contribution in [2.45, 2.75) is 0 Å². The molecule has 0 saturated carbocycles. The minimum atomic E-state index is -0.583. The first-order valence-electron chi connectivity index (χ1n) is 4.80. The molecule has 18 heavy (non-hydrogen) atoms. The molecule has 1 aromatic heterocycles. The van der Waals surface area contributed by atoms with Gasteiger partial charge >= 0.3 is 0 Å². The van der Waals surface area contributed by atoms with Gasteiger partial charge in [0, 0.05) is 0 Å². The summed E-state index contributed by atoms with van der Waals surface area (Å²) < 4.78 is 13.6. The van der Waals surface area contributed by atoms with E-state index in [9.17, 15) is 9.18 Å². The smallest absolute Gasteiger partial charge is 0.219 e. The summed E-state index contributed by atoms with van der Waals surface area (Å²) in [6, 6.07) is 5.73. The maximum absolute atomic E-state index is 13.6. The van der Waals surface area contributed by atoms with E-state index in [0.717, 1.165) is 11.2 Å². The molecular weight excluding hydrogens is 280 g/mol. The second kappa shape index (κ2) is 5.29. The lowest BCUT2D eigenvalue weighted by Gasteiger charge is -2.19. The largest absolute Gasteiger partial charge is 0.278 e. The predicted molar refractivity (Wildman–Crippen MR) is 66.7 cm³/mol. The molecule has 1 aromatic carbocycles. The summed E-state index contributed by atoms with van der Waals surface area (Å²) in [6.45, 7) is 0. The molecule has 0 fully saturated rings. The third kappa shape index (κ3) is 2.27. The average molecular weight is 286 g/mol. The van der Waals surface area contributed by atoms with Crippen LogP contribution in [-0.2, 0) is 4.79 Å². The molecule has 0 atom stereocenters. The molecular formula is C11H6Cl2FN3O. The number of benzene rings is 1. The fourth-order valence-electron chi connectivity index (χ4n) is 1.41. The maximum Gasteiger partial charge on any atom is 0.219 e. The van der Waals surface area contributed by atoms with Crippen LogP contribution in [0.4, 0.5) is 15.8 Å². The standard InChI is InChI=1S/C11H6Cl2FN3O/c12-10-9(11(13)16-5-15-10)17(6-18)8-4-2-1-3-7(8)14/h1-6H. The van der Waals surface area contributed by atoms with E-state index in [0.29, 0.717) is 6.41 Å². The van der Waals surface area contributed by atoms with Crippen molar-refractivity contribution in [2.24, 2.45) is 0 Å². The van der Waals surface area contributed by atoms with Gasteiger partial charge in [-0.05, 0) is 12.1 Å². The molecule has 2 aromatic rings. The maximum atomic E-state index is 13.6. The van der Waals surface area contributed by atoms with Crippen LogP contribution < -0.4 is 4.90 Å². The molecule has 7 heteroatoms. The van der Waals surface area contributed by atoms with E-state index in [4.69, 9.17) is 23.2 Å². The normalized spacial score (nSPS) is 10.2. The zero-order chi connectivity index (χ0) is 13.1. The lowest BCUT2D eigenvalue weighted by molar-refractivity contribution is -0.106. The first kappa shape index (κ1) is 12.7. The Labute approximate surface area is 112 Å². The van der Waals surface area contributed by atoms with Gasteiger partial charge in [0.15, 0.2) is 10.3 Å². The van der Waals surface area contributed by atoms with Gasteiger partial charge in [0.2, 0.25) is 6.41 Å². The number of aromatic nitrogens is 2. The van der Waals surface area contributed by atoms with E-state index in [1.54, 1.807) is 6.07 Å². The highest BCUT2D eigenvalue weighted by Crippen LogP contribution is 2.35. The molecule has 1 amide bonds. The summed E-state index contributed by atoms with van der Waals surface area (Å²) in [5, 5.41) is -0.0734. The Hall–Kier alpha value is -1.72. The van der Waals surface area contributed by atoms with Gasteiger partial charge in [-0.1, -0.05) is 35.3 Å². The second-order valence-electron chi connectivity index (χ2n) is 3.23. The van der Waals surface area contributed by atoms with Gasteiger partial charge in [0.25, 0.3) is 0 Å². The van der Waals surface area contributed by atoms with E-state index in [1.807, 2.05) is 0 Å². The topological polar surface area (TPSA) is 46.1 Å². The number of hydrogen-bond donors (Lipinski definition) is 0. The number of nitrogens with zero attached hydrogens (tertiary/aromatic N) is 3. The van der Waals surface area contributed by atoms with Crippen molar-refractivity contribution in [3.8, 4) is 0 Å². The quantitative estimate of drug-likeness (QED) is 0.643. The highest BCUT2D eigenvalue weighted by Gasteiger charge is 2.20. The van der Waals surface area contributed by atoms with Crippen LogP contribution in [0.15, 0.2) is 30.6 Å². The van der Waals surface area contributed by atoms with Crippen molar-refractivity contribution in [2.75, 3.05) is 4.90 Å². The Kier molecular flexibility index (Phi) is 3.74. The summed E-state index contributed by atoms with van der Waals surface area (Å²) in [7, 11) is 0. The number of hydrogen-bond acceptors (Lipinski definition) is 3. The summed E-state index contributed by atoms with van der Waals surface area (Å²) in [6.07, 6.45) is 1.55. The molecule has 0 aliphatic carbocycles. The molecule has 4 nitrogen and oxygen atoms in total. The summed E-state index contributed by atoms with van der Waals surface area (Å²) >= 11 is 11.7. The molecule has 0 spiro atoms. The number of anilines is 2. The molecule has 2 rings (SSSR count). The van der Waals surface area contributed by atoms with Crippen LogP contribution in [0.2, 0.25) is 10.3 Å². The van der Waals surface area contributed by atoms with Crippen molar-refractivity contribution >= 4 is 41.0 Å². The van der Waals surface area contributed by atoms with Gasteiger partial charge in [0.1, 0.15) is 17.8 Å². The number of carbonyl (C=O) groups excluding carboxylic acids is 1. The van der Waals surface area contributed by atoms with Crippen LogP contribution >= 0.6 is 23.2 Å². The summed E-state index contributed by atoms with van der Waals surface area (Å²) in [4.78, 5) is 19.5. The summed E-state index contributed by atoms with van der Waals surface area (Å²) in [5.41, 5.74) is 0.0621. The molecule has 0 saturated heterocycles. The molecule has 0 aliphatic heterocycles. The van der Waals surface area contributed by atoms with Crippen LogP contribution in [0.25, 0.3) is 0 Å². The molecule has 0 aliphatic rings. The predicted octanol–water partition coefficient (Wildman–Crippen LogP) is 3.22. The van der Waals surface area contributed by atoms with E-state index in [-0.39, 0.29) is 21.7 Å². The third-order valence-corrected chi connectivity index (χ3v) is 2.74. The van der Waals surface area contributed by atoms with Crippen molar-refractivity contribution in [3.63, 3.8) is 0 Å². The monoisotopic (exact) mass is 285 g/mol. The number of halogens is 3. The van der Waals surface area contributed by atoms with Crippen LogP contribution in [0.5, 0.6) is 0 Å². The fourth-order valence-corrected chi connectivity index (χ4v) is 1.91. The number of amides is 1. The molecule has 0 bridgehead atoms. The minimum Gasteiger partial charge on any atom is -0.278 e. The highest BCUT2D eigenvalue weighted by atomic mass is 35.5. The van der Waals surface area contributed by atoms with Crippen LogP contribution in [-0.4, -0.2) is 16.4 Å². The average Bonchev–Trinajstić information content (AvgIpc) is 2.35. The van der Waals surface area contributed by atoms with Gasteiger partial charge in [-0.2, -0.15) is 0 Å². The molecule has 1 heterocycles. The SMILES string of the molecule is O=CN(c1ccccc1F)c1c(Cl)ncnc1Cl. The highest BCUT2D eigenvalue weighted by molar-refractivity contribution is 6.38. The lowest BCUT2D eigenvalue weighted by atomic mass is 10.2. The van der Waals surface area contributed by atoms with Gasteiger partial charge < -0.3 is 0 Å². The van der Waals surface area contributed by atoms with Crippen LogP contribution in [0, 0.1) is 5.82 Å². The molecule has 0 N–H and O–H groups in total. The zero-order valence-corrected chi connectivity index (χ0v) is 10.4. The van der Waals surface area contributed by atoms with Gasteiger partial charge in [-0.25, -0.2) is 14.4 Å². The van der Waals surface area contributed by atoms with Crippen molar-refractivity contribution in [3.05, 3.63) is 46.7 Å². The van der Waals surface area contributed by atoms with Crippen LogP contribution in [0.1, 0.15) is 0 Å². The third-order valence-electron chi connectivity index (χ3n) is 2.19. The van der Waals surface area contributed by atoms with Crippen molar-refractivity contribution in [1.29, 1.82) is 0 Å². The first-order valence-corrected chi connectivity index (χ1v) is 5.55. The van der Waals surface area contributed by atoms with E-state index < -0.39 is 5.82 Å². The number of rotatable bonds is 3. The molecule has 92 valence electrons. The fraction of sp³-hybridized carbons (Fsp3) is 0. The van der Waals surface area contributed by atoms with E-state index >= 15 is 0 Å². The van der Waals surface area contributed by atoms with Crippen molar-refractivity contribution < 1.29 is 9.18 Å². The number of carbonyl (C=O) groups is 1. The van der Waals surface area contributed by atoms with Crippen molar-refractivity contribution in [1.82, 2.24) is 9.97 Å². The van der Waals surface area contributed by atoms with Crippen LogP contribution in [0.3, 0.4) is 0 Å². The minimum absolute atomic E-state index is 0.0195. The lowest BCUT2D eigenvalue weighted by Crippen LogP contribution is -2.17. The first-order chi connectivity index (χ1) is 8.65. The van der Waals surface area contributed by atoms with Gasteiger partial charge in [-0.15, -0.1) is 0 Å². The van der Waals surface area contributed by atoms with Gasteiger partial charge in [-0.3, -0.25) is 9.69 Å². The van der Waals surface area contributed by atoms with E-state index in [1.165, 1.54) is 18.2 Å². The summed E-state index contributed by atoms with van der Waals surface area (Å²) in [5.74, 6) is -0.583. The Bertz CT molecular complexity index is 574. The zero-order valence-electron chi connectivity index (χ0n) is 8.85. The Morgan fingerprint density at radius 3 is 2.33 bits per heavy atom. The Balaban J connectivity index is 2.60. The molecule has 0 radical (unpaired) electrons. The second-order valence-corrected chi connectivity index (χ2v) is 3.95. The Morgan fingerprint density at radius 1 is 1.17 bits per heavy atom. The van der Waals surface area contributed by atoms with Gasteiger partial charge in [0.05, 0.1) is 5.69 Å². The molecule has 0 unspecified atom stereocenters. The number of para-hydroxylation sites is 1. The Morgan fingerprint density at radius 2 is 1.78 bits per heavy atom.